The van der Waals surface area contributed by atoms with Gasteiger partial charge in [0.15, 0.2) is 0 Å². The number of nitrogens with zero attached hydrogens (tertiary/aromatic N) is 3. The lowest BCUT2D eigenvalue weighted by molar-refractivity contribution is 0.269. The van der Waals surface area contributed by atoms with Crippen LogP contribution in [0.3, 0.4) is 0 Å². The normalized spacial score (nSPS) is 10.9. The molecule has 4 nitrogen and oxygen atoms in total. The van der Waals surface area contributed by atoms with Crippen LogP contribution in [0, 0.1) is 18.3 Å². The summed E-state index contributed by atoms with van der Waals surface area (Å²) >= 11 is 1.38. The highest BCUT2D eigenvalue weighted by atomic mass is 32.1. The van der Waals surface area contributed by atoms with Crippen LogP contribution in [0.2, 0.25) is 0 Å². The van der Waals surface area contributed by atoms with E-state index in [2.05, 4.69) is 41.6 Å². The van der Waals surface area contributed by atoms with Crippen LogP contribution in [-0.2, 0) is 0 Å². The summed E-state index contributed by atoms with van der Waals surface area (Å²) < 4.78 is 4.19. The zero-order chi connectivity index (χ0) is 13.5. The lowest BCUT2D eigenvalue weighted by Crippen LogP contribution is -2.27. The lowest BCUT2D eigenvalue weighted by atomic mass is 10.2. The predicted molar refractivity (Wildman–Crippen MR) is 77.1 cm³/mol. The molecule has 1 N–H and O–H groups in total. The van der Waals surface area contributed by atoms with E-state index in [1.54, 1.807) is 0 Å². The van der Waals surface area contributed by atoms with Crippen molar-refractivity contribution in [1.29, 1.82) is 5.26 Å². The molecular weight excluding hydrogens is 244 g/mol. The maximum Gasteiger partial charge on any atom is 0.127 e. The smallest absolute Gasteiger partial charge is 0.127 e. The SMILES string of the molecule is Cc1nsc(NCCCCN(C)C(C)C)c1C#N. The molecule has 1 heterocycles. The Labute approximate surface area is 114 Å². The molecule has 0 saturated heterocycles. The van der Waals surface area contributed by atoms with Gasteiger partial charge in [-0.3, -0.25) is 0 Å². The maximum absolute atomic E-state index is 8.99. The number of hydrogen-bond acceptors (Lipinski definition) is 5. The number of aryl methyl sites for hydroxylation is 1. The Morgan fingerprint density at radius 2 is 2.17 bits per heavy atom. The monoisotopic (exact) mass is 266 g/mol. The first-order valence-corrected chi connectivity index (χ1v) is 7.14. The van der Waals surface area contributed by atoms with Crippen molar-refractivity contribution in [3.63, 3.8) is 0 Å². The van der Waals surface area contributed by atoms with Gasteiger partial charge < -0.3 is 10.2 Å². The van der Waals surface area contributed by atoms with Crippen LogP contribution < -0.4 is 5.32 Å². The minimum atomic E-state index is 0.604. The first-order valence-electron chi connectivity index (χ1n) is 6.36. The molecule has 18 heavy (non-hydrogen) atoms. The van der Waals surface area contributed by atoms with E-state index < -0.39 is 0 Å². The highest BCUT2D eigenvalue weighted by Crippen LogP contribution is 2.23. The topological polar surface area (TPSA) is 52.0 Å². The van der Waals surface area contributed by atoms with Crippen molar-refractivity contribution < 1.29 is 0 Å². The Bertz CT molecular complexity index is 406. The van der Waals surface area contributed by atoms with Crippen molar-refractivity contribution in [2.45, 2.75) is 39.7 Å². The zero-order valence-corrected chi connectivity index (χ0v) is 12.5. The van der Waals surface area contributed by atoms with Crippen LogP contribution in [0.15, 0.2) is 0 Å². The van der Waals surface area contributed by atoms with E-state index in [1.165, 1.54) is 18.0 Å². The van der Waals surface area contributed by atoms with E-state index in [-0.39, 0.29) is 0 Å². The van der Waals surface area contributed by atoms with Crippen molar-refractivity contribution in [2.75, 3.05) is 25.5 Å². The van der Waals surface area contributed by atoms with Crippen molar-refractivity contribution in [3.8, 4) is 6.07 Å². The molecule has 0 aliphatic carbocycles. The molecule has 0 bridgehead atoms. The van der Waals surface area contributed by atoms with Crippen LogP contribution in [0.4, 0.5) is 5.00 Å². The molecule has 0 fully saturated rings. The Balaban J connectivity index is 2.24. The summed E-state index contributed by atoms with van der Waals surface area (Å²) in [4.78, 5) is 2.34. The van der Waals surface area contributed by atoms with Gasteiger partial charge in [-0.25, -0.2) is 0 Å². The van der Waals surface area contributed by atoms with Crippen LogP contribution in [0.5, 0.6) is 0 Å². The molecule has 0 spiro atoms. The summed E-state index contributed by atoms with van der Waals surface area (Å²) in [5, 5.41) is 13.2. The Morgan fingerprint density at radius 1 is 1.44 bits per heavy atom. The van der Waals surface area contributed by atoms with Gasteiger partial charge in [0.05, 0.1) is 5.69 Å². The van der Waals surface area contributed by atoms with Crippen molar-refractivity contribution >= 4 is 16.5 Å². The van der Waals surface area contributed by atoms with E-state index in [0.29, 0.717) is 11.6 Å². The number of aromatic nitrogens is 1. The number of rotatable bonds is 7. The minimum absolute atomic E-state index is 0.604. The second kappa shape index (κ2) is 7.34. The summed E-state index contributed by atoms with van der Waals surface area (Å²) in [6.07, 6.45) is 2.28. The second-order valence-electron chi connectivity index (χ2n) is 4.79. The van der Waals surface area contributed by atoms with Crippen molar-refractivity contribution in [3.05, 3.63) is 11.3 Å². The fourth-order valence-electron chi connectivity index (χ4n) is 1.57. The Morgan fingerprint density at radius 3 is 2.78 bits per heavy atom. The van der Waals surface area contributed by atoms with E-state index in [0.717, 1.165) is 30.2 Å². The maximum atomic E-state index is 8.99. The molecule has 0 aliphatic heterocycles. The molecule has 0 aromatic carbocycles. The van der Waals surface area contributed by atoms with Gasteiger partial charge in [-0.1, -0.05) is 0 Å². The summed E-state index contributed by atoms with van der Waals surface area (Å²) in [5.74, 6) is 0. The largest absolute Gasteiger partial charge is 0.375 e. The van der Waals surface area contributed by atoms with Gasteiger partial charge in [0, 0.05) is 12.6 Å². The average molecular weight is 266 g/mol. The fourth-order valence-corrected chi connectivity index (χ4v) is 2.34. The molecule has 1 aromatic heterocycles. The van der Waals surface area contributed by atoms with Gasteiger partial charge in [0.1, 0.15) is 16.6 Å². The number of nitriles is 1. The highest BCUT2D eigenvalue weighted by Gasteiger charge is 2.09. The van der Waals surface area contributed by atoms with Gasteiger partial charge >= 0.3 is 0 Å². The molecule has 1 rings (SSSR count). The van der Waals surface area contributed by atoms with Crippen LogP contribution >= 0.6 is 11.5 Å². The second-order valence-corrected chi connectivity index (χ2v) is 5.57. The van der Waals surface area contributed by atoms with E-state index in [1.807, 2.05) is 6.92 Å². The zero-order valence-electron chi connectivity index (χ0n) is 11.7. The average Bonchev–Trinajstić information content (AvgIpc) is 2.69. The number of unbranched alkanes of at least 4 members (excludes halogenated alkanes) is 1. The lowest BCUT2D eigenvalue weighted by Gasteiger charge is -2.20. The minimum Gasteiger partial charge on any atom is -0.375 e. The molecule has 0 radical (unpaired) electrons. The van der Waals surface area contributed by atoms with Gasteiger partial charge in [-0.15, -0.1) is 0 Å². The predicted octanol–water partition coefficient (Wildman–Crippen LogP) is 2.86. The van der Waals surface area contributed by atoms with Gasteiger partial charge in [0.25, 0.3) is 0 Å². The van der Waals surface area contributed by atoms with Crippen LogP contribution in [0.1, 0.15) is 37.9 Å². The summed E-state index contributed by atoms with van der Waals surface area (Å²) in [6, 6.07) is 2.80. The van der Waals surface area contributed by atoms with Crippen molar-refractivity contribution in [1.82, 2.24) is 9.27 Å². The molecule has 1 aromatic rings. The van der Waals surface area contributed by atoms with Gasteiger partial charge in [0.2, 0.25) is 0 Å². The van der Waals surface area contributed by atoms with E-state index in [4.69, 9.17) is 5.26 Å². The third-order valence-electron chi connectivity index (χ3n) is 3.08. The molecule has 0 unspecified atom stereocenters. The summed E-state index contributed by atoms with van der Waals surface area (Å²) in [5.41, 5.74) is 1.52. The van der Waals surface area contributed by atoms with E-state index >= 15 is 0 Å². The highest BCUT2D eigenvalue weighted by molar-refractivity contribution is 7.10. The molecule has 0 atom stereocenters. The number of hydrogen-bond donors (Lipinski definition) is 1. The van der Waals surface area contributed by atoms with Crippen LogP contribution in [-0.4, -0.2) is 35.5 Å². The van der Waals surface area contributed by atoms with E-state index in [9.17, 15) is 0 Å². The molecule has 100 valence electrons. The number of anilines is 1. The third-order valence-corrected chi connectivity index (χ3v) is 3.98. The third kappa shape index (κ3) is 4.28. The number of nitrogens with one attached hydrogen (secondary N) is 1. The van der Waals surface area contributed by atoms with Crippen LogP contribution in [0.25, 0.3) is 0 Å². The van der Waals surface area contributed by atoms with Gasteiger partial charge in [-0.2, -0.15) is 9.64 Å². The fraction of sp³-hybridized carbons (Fsp3) is 0.692. The van der Waals surface area contributed by atoms with Crippen molar-refractivity contribution in [2.24, 2.45) is 0 Å². The summed E-state index contributed by atoms with van der Waals surface area (Å²) in [6.45, 7) is 8.31. The standard InChI is InChI=1S/C13H22N4S/c1-10(2)17(4)8-6-5-7-15-13-12(9-14)11(3)16-18-13/h10,15H,5-8H2,1-4H3. The molecule has 0 amide bonds. The molecular formula is C13H22N4S. The first-order chi connectivity index (χ1) is 8.56. The Hall–Kier alpha value is -1.12. The molecule has 0 aliphatic rings. The quantitative estimate of drug-likeness (QED) is 0.771. The Kier molecular flexibility index (Phi) is 6.10. The first kappa shape index (κ1) is 14.9. The molecule has 0 saturated carbocycles. The molecule has 5 heteroatoms. The van der Waals surface area contributed by atoms with Gasteiger partial charge in [-0.05, 0) is 58.7 Å². The summed E-state index contributed by atoms with van der Waals surface area (Å²) in [7, 11) is 2.15.